The molecule has 29 heavy (non-hydrogen) atoms. The monoisotopic (exact) mass is 404 g/mol. The summed E-state index contributed by atoms with van der Waals surface area (Å²) in [5.41, 5.74) is 0.596. The molecule has 0 N–H and O–H groups in total. The molecule has 4 rings (SSSR count). The first-order chi connectivity index (χ1) is 13.6. The third-order valence-electron chi connectivity index (χ3n) is 5.87. The third kappa shape index (κ3) is 4.62. The Morgan fingerprint density at radius 1 is 1.10 bits per heavy atom. The number of hydroxylamine groups is 2. The van der Waals surface area contributed by atoms with Crippen LogP contribution in [0.15, 0.2) is 24.3 Å². The van der Waals surface area contributed by atoms with Crippen LogP contribution in [-0.4, -0.2) is 54.0 Å². The Morgan fingerprint density at radius 2 is 1.72 bits per heavy atom. The maximum absolute atomic E-state index is 6.53. The lowest BCUT2D eigenvalue weighted by Gasteiger charge is -2.56. The van der Waals surface area contributed by atoms with Gasteiger partial charge in [-0.1, -0.05) is 12.1 Å². The molecule has 3 fully saturated rings. The molecule has 1 spiro atoms. The number of hydrogen-bond donors (Lipinski definition) is 0. The zero-order valence-corrected chi connectivity index (χ0v) is 18.3. The minimum Gasteiger partial charge on any atom is -0.491 e. The van der Waals surface area contributed by atoms with Crippen LogP contribution < -0.4 is 4.74 Å². The van der Waals surface area contributed by atoms with Crippen molar-refractivity contribution in [1.29, 1.82) is 0 Å². The summed E-state index contributed by atoms with van der Waals surface area (Å²) in [6.45, 7) is 16.8. The van der Waals surface area contributed by atoms with E-state index in [4.69, 9.17) is 23.8 Å². The first-order valence-corrected chi connectivity index (χ1v) is 10.5. The van der Waals surface area contributed by atoms with Gasteiger partial charge in [-0.15, -0.1) is 0 Å². The smallest absolute Gasteiger partial charge is 0.172 e. The van der Waals surface area contributed by atoms with Crippen molar-refractivity contribution in [1.82, 2.24) is 5.06 Å². The van der Waals surface area contributed by atoms with E-state index in [1.165, 1.54) is 0 Å². The molecule has 1 aromatic carbocycles. The second kappa shape index (κ2) is 7.50. The molecule has 1 aromatic rings. The van der Waals surface area contributed by atoms with Crippen molar-refractivity contribution in [3.63, 3.8) is 0 Å². The standard InChI is InChI=1S/C23H34NO5/c1-16-11-27-23(28-16)14-21(3,4)24(22(5,6)15-23)29-17(2)18-7-9-19(10-8-18)25-12-20-13-26-20/h7-10,16-17,20H,1,11-15H2,2-6H3. The number of epoxide rings is 1. The lowest BCUT2D eigenvalue weighted by atomic mass is 9.78. The molecule has 0 amide bonds. The van der Waals surface area contributed by atoms with Crippen LogP contribution in [0.2, 0.25) is 0 Å². The second-order valence-electron chi connectivity index (χ2n) is 9.82. The molecule has 3 aliphatic heterocycles. The van der Waals surface area contributed by atoms with Crippen LogP contribution >= 0.6 is 0 Å². The van der Waals surface area contributed by atoms with Crippen molar-refractivity contribution in [2.75, 3.05) is 19.8 Å². The van der Waals surface area contributed by atoms with Crippen LogP contribution in [0.1, 0.15) is 59.1 Å². The maximum atomic E-state index is 6.53. The van der Waals surface area contributed by atoms with E-state index < -0.39 is 5.79 Å². The highest BCUT2D eigenvalue weighted by Crippen LogP contribution is 2.49. The quantitative estimate of drug-likeness (QED) is 0.667. The molecule has 1 radical (unpaired) electrons. The van der Waals surface area contributed by atoms with Gasteiger partial charge in [0.2, 0.25) is 0 Å². The molecule has 3 unspecified atom stereocenters. The van der Waals surface area contributed by atoms with Gasteiger partial charge in [-0.25, -0.2) is 0 Å². The lowest BCUT2D eigenvalue weighted by molar-refractivity contribution is -0.350. The van der Waals surface area contributed by atoms with Crippen LogP contribution in [0.5, 0.6) is 5.75 Å². The van der Waals surface area contributed by atoms with Crippen LogP contribution in [0, 0.1) is 6.92 Å². The van der Waals surface area contributed by atoms with Gasteiger partial charge in [0.15, 0.2) is 5.79 Å². The van der Waals surface area contributed by atoms with Gasteiger partial charge in [0.1, 0.15) is 24.6 Å². The van der Waals surface area contributed by atoms with Crippen LogP contribution in [-0.2, 0) is 19.0 Å². The van der Waals surface area contributed by atoms with Gasteiger partial charge >= 0.3 is 0 Å². The molecular formula is C23H34NO5. The Balaban J connectivity index is 1.43. The largest absolute Gasteiger partial charge is 0.491 e. The summed E-state index contributed by atoms with van der Waals surface area (Å²) < 4.78 is 23.1. The Labute approximate surface area is 174 Å². The van der Waals surface area contributed by atoms with Crippen molar-refractivity contribution in [3.8, 4) is 5.75 Å². The fraction of sp³-hybridized carbons (Fsp3) is 0.696. The molecule has 3 atom stereocenters. The van der Waals surface area contributed by atoms with Crippen molar-refractivity contribution < 1.29 is 23.8 Å². The van der Waals surface area contributed by atoms with Gasteiger partial charge < -0.3 is 18.9 Å². The number of hydrogen-bond acceptors (Lipinski definition) is 6. The maximum Gasteiger partial charge on any atom is 0.172 e. The average Bonchev–Trinajstić information content (AvgIpc) is 3.39. The molecule has 3 aliphatic rings. The summed E-state index contributed by atoms with van der Waals surface area (Å²) in [7, 11) is 0. The molecule has 161 valence electrons. The lowest BCUT2D eigenvalue weighted by Crippen LogP contribution is -2.65. The predicted molar refractivity (Wildman–Crippen MR) is 109 cm³/mol. The number of ether oxygens (including phenoxy) is 4. The Bertz CT molecular complexity index is 694. The number of benzene rings is 1. The number of nitrogens with zero attached hydrogens (tertiary/aromatic N) is 1. The molecule has 0 bridgehead atoms. The molecule has 6 heteroatoms. The third-order valence-corrected chi connectivity index (χ3v) is 5.87. The molecule has 0 saturated carbocycles. The Kier molecular flexibility index (Phi) is 5.45. The predicted octanol–water partition coefficient (Wildman–Crippen LogP) is 4.06. The number of piperidine rings is 1. The first kappa shape index (κ1) is 21.1. The summed E-state index contributed by atoms with van der Waals surface area (Å²) in [5, 5.41) is 2.13. The Hall–Kier alpha value is -1.18. The topological polar surface area (TPSA) is 52.7 Å². The molecule has 0 aliphatic carbocycles. The summed E-state index contributed by atoms with van der Waals surface area (Å²) >= 11 is 0. The van der Waals surface area contributed by atoms with E-state index >= 15 is 0 Å². The molecular weight excluding hydrogens is 370 g/mol. The van der Waals surface area contributed by atoms with Crippen molar-refractivity contribution >= 4 is 0 Å². The fourth-order valence-electron chi connectivity index (χ4n) is 4.84. The second-order valence-corrected chi connectivity index (χ2v) is 9.82. The SMILES string of the molecule is [CH2]C1COC2(CC(C)(C)N(OC(C)c3ccc(OCC4CO4)cc3)C(C)(C)C2)O1. The zero-order chi connectivity index (χ0) is 20.9. The van der Waals surface area contributed by atoms with Crippen molar-refractivity contribution in [2.45, 2.75) is 82.6 Å². The van der Waals surface area contributed by atoms with Gasteiger partial charge in [0.25, 0.3) is 0 Å². The average molecular weight is 405 g/mol. The van der Waals surface area contributed by atoms with Gasteiger partial charge in [-0.2, -0.15) is 5.06 Å². The molecule has 0 aromatic heterocycles. The van der Waals surface area contributed by atoms with Gasteiger partial charge in [-0.3, -0.25) is 4.84 Å². The van der Waals surface area contributed by atoms with Crippen LogP contribution in [0.4, 0.5) is 0 Å². The van der Waals surface area contributed by atoms with Crippen LogP contribution in [0.25, 0.3) is 0 Å². The highest BCUT2D eigenvalue weighted by molar-refractivity contribution is 5.28. The van der Waals surface area contributed by atoms with Crippen LogP contribution in [0.3, 0.4) is 0 Å². The van der Waals surface area contributed by atoms with Crippen molar-refractivity contribution in [3.05, 3.63) is 36.8 Å². The highest BCUT2D eigenvalue weighted by Gasteiger charge is 2.57. The van der Waals surface area contributed by atoms with Gasteiger partial charge in [0, 0.05) is 23.9 Å². The molecule has 3 saturated heterocycles. The summed E-state index contributed by atoms with van der Waals surface area (Å²) in [6, 6.07) is 8.12. The van der Waals surface area contributed by atoms with E-state index in [-0.39, 0.29) is 29.4 Å². The van der Waals surface area contributed by atoms with Gasteiger partial charge in [-0.05, 0) is 59.2 Å². The van der Waals surface area contributed by atoms with E-state index in [0.717, 1.165) is 30.8 Å². The summed E-state index contributed by atoms with van der Waals surface area (Å²) in [5.74, 6) is 0.280. The summed E-state index contributed by atoms with van der Waals surface area (Å²) in [4.78, 5) is 6.53. The summed E-state index contributed by atoms with van der Waals surface area (Å²) in [6.07, 6.45) is 1.53. The molecule has 6 nitrogen and oxygen atoms in total. The van der Waals surface area contributed by atoms with E-state index in [0.29, 0.717) is 13.2 Å². The van der Waals surface area contributed by atoms with E-state index in [9.17, 15) is 0 Å². The van der Waals surface area contributed by atoms with E-state index in [1.54, 1.807) is 0 Å². The Morgan fingerprint density at radius 3 is 2.24 bits per heavy atom. The highest BCUT2D eigenvalue weighted by atomic mass is 16.7. The molecule has 3 heterocycles. The normalized spacial score (nSPS) is 31.0. The van der Waals surface area contributed by atoms with Crippen molar-refractivity contribution in [2.24, 2.45) is 0 Å². The minimum absolute atomic E-state index is 0.0885. The fourth-order valence-corrected chi connectivity index (χ4v) is 4.84. The van der Waals surface area contributed by atoms with E-state index in [1.807, 2.05) is 12.1 Å². The minimum atomic E-state index is -0.577. The van der Waals surface area contributed by atoms with Gasteiger partial charge in [0.05, 0.1) is 19.3 Å². The number of rotatable bonds is 6. The first-order valence-electron chi connectivity index (χ1n) is 10.5. The van der Waals surface area contributed by atoms with E-state index in [2.05, 4.69) is 58.7 Å². The zero-order valence-electron chi connectivity index (χ0n) is 18.3.